The molecule has 0 saturated heterocycles. The highest BCUT2D eigenvalue weighted by atomic mass is 16.5. The van der Waals surface area contributed by atoms with Crippen molar-refractivity contribution in [1.82, 2.24) is 0 Å². The van der Waals surface area contributed by atoms with Crippen LogP contribution in [0.15, 0.2) is 35.9 Å². The van der Waals surface area contributed by atoms with E-state index in [1.165, 1.54) is 6.92 Å². The third-order valence-electron chi connectivity index (χ3n) is 2.41. The number of ketones is 1. The summed E-state index contributed by atoms with van der Waals surface area (Å²) in [7, 11) is 0. The number of esters is 1. The van der Waals surface area contributed by atoms with E-state index >= 15 is 0 Å². The molecule has 0 fully saturated rings. The molecule has 17 heavy (non-hydrogen) atoms. The lowest BCUT2D eigenvalue weighted by Crippen LogP contribution is -2.15. The summed E-state index contributed by atoms with van der Waals surface area (Å²) in [5.41, 5.74) is 1.63. The van der Waals surface area contributed by atoms with Crippen molar-refractivity contribution in [1.29, 1.82) is 0 Å². The largest absolute Gasteiger partial charge is 0.462 e. The number of ether oxygens (including phenoxy) is 1. The summed E-state index contributed by atoms with van der Waals surface area (Å²) < 4.78 is 4.89. The van der Waals surface area contributed by atoms with Crippen molar-refractivity contribution in [3.05, 3.63) is 41.5 Å². The number of rotatable bonds is 4. The Morgan fingerprint density at radius 2 is 1.71 bits per heavy atom. The summed E-state index contributed by atoms with van der Waals surface area (Å²) in [6.07, 6.45) is 0. The molecule has 1 aromatic rings. The molecule has 0 saturated carbocycles. The van der Waals surface area contributed by atoms with Gasteiger partial charge in [0.2, 0.25) is 0 Å². The minimum absolute atomic E-state index is 0.123. The molecule has 0 radical (unpaired) electrons. The molecule has 0 spiro atoms. The summed E-state index contributed by atoms with van der Waals surface area (Å²) in [6, 6.07) is 9.33. The lowest BCUT2D eigenvalue weighted by molar-refractivity contribution is -0.139. The fraction of sp³-hybridized carbons (Fsp3) is 0.286. The average Bonchev–Trinajstić information content (AvgIpc) is 2.30. The van der Waals surface area contributed by atoms with Crippen LogP contribution in [0, 0.1) is 0 Å². The van der Waals surface area contributed by atoms with Gasteiger partial charge in [-0.15, -0.1) is 0 Å². The Labute approximate surface area is 101 Å². The smallest absolute Gasteiger partial charge is 0.342 e. The third kappa shape index (κ3) is 3.28. The van der Waals surface area contributed by atoms with Crippen LogP contribution in [0.2, 0.25) is 0 Å². The van der Waals surface area contributed by atoms with Gasteiger partial charge in [0.05, 0.1) is 6.61 Å². The summed E-state index contributed by atoms with van der Waals surface area (Å²) in [6.45, 7) is 5.10. The minimum Gasteiger partial charge on any atom is -0.462 e. The molecular weight excluding hydrogens is 216 g/mol. The van der Waals surface area contributed by atoms with E-state index in [1.54, 1.807) is 13.8 Å². The summed E-state index contributed by atoms with van der Waals surface area (Å²) >= 11 is 0. The zero-order chi connectivity index (χ0) is 12.8. The van der Waals surface area contributed by atoms with Gasteiger partial charge in [-0.2, -0.15) is 0 Å². The van der Waals surface area contributed by atoms with Crippen molar-refractivity contribution in [2.24, 2.45) is 0 Å². The zero-order valence-electron chi connectivity index (χ0n) is 10.3. The molecule has 0 unspecified atom stereocenters. The third-order valence-corrected chi connectivity index (χ3v) is 2.41. The Kier molecular flexibility index (Phi) is 4.64. The number of benzene rings is 1. The van der Waals surface area contributed by atoms with Crippen LogP contribution in [0.25, 0.3) is 5.57 Å². The SMILES string of the molecule is CCOC(=O)/C(C(C)=O)=C(\C)c1ccccc1. The molecular formula is C14H16O3. The van der Waals surface area contributed by atoms with Crippen molar-refractivity contribution in [2.45, 2.75) is 20.8 Å². The molecule has 3 nitrogen and oxygen atoms in total. The molecule has 0 aliphatic carbocycles. The van der Waals surface area contributed by atoms with Gasteiger partial charge >= 0.3 is 5.97 Å². The van der Waals surface area contributed by atoms with Gasteiger partial charge in [-0.05, 0) is 31.9 Å². The zero-order valence-corrected chi connectivity index (χ0v) is 10.3. The van der Waals surface area contributed by atoms with Gasteiger partial charge in [-0.25, -0.2) is 4.79 Å². The quantitative estimate of drug-likeness (QED) is 0.347. The normalized spacial score (nSPS) is 11.7. The molecule has 0 aliphatic rings. The molecule has 3 heteroatoms. The number of hydrogen-bond acceptors (Lipinski definition) is 3. The number of Topliss-reactive ketones (excluding diaryl/α,β-unsaturated/α-hetero) is 1. The summed E-state index contributed by atoms with van der Waals surface area (Å²) in [5.74, 6) is -0.828. The molecule has 1 rings (SSSR count). The van der Waals surface area contributed by atoms with Crippen molar-refractivity contribution in [3.8, 4) is 0 Å². The van der Waals surface area contributed by atoms with Gasteiger partial charge in [-0.1, -0.05) is 30.3 Å². The second-order valence-corrected chi connectivity index (χ2v) is 3.64. The van der Waals surface area contributed by atoms with Crippen LogP contribution in [-0.2, 0) is 14.3 Å². The molecule has 0 bridgehead atoms. The van der Waals surface area contributed by atoms with Crippen LogP contribution in [0.1, 0.15) is 26.3 Å². The number of carbonyl (C=O) groups excluding carboxylic acids is 2. The van der Waals surface area contributed by atoms with E-state index in [0.29, 0.717) is 5.57 Å². The maximum absolute atomic E-state index is 11.7. The predicted octanol–water partition coefficient (Wildman–Crippen LogP) is 2.61. The first-order chi connectivity index (χ1) is 8.07. The average molecular weight is 232 g/mol. The first-order valence-corrected chi connectivity index (χ1v) is 5.52. The van der Waals surface area contributed by atoms with Crippen LogP contribution >= 0.6 is 0 Å². The van der Waals surface area contributed by atoms with Gasteiger partial charge < -0.3 is 4.74 Å². The fourth-order valence-electron chi connectivity index (χ4n) is 1.60. The topological polar surface area (TPSA) is 43.4 Å². The fourth-order valence-corrected chi connectivity index (χ4v) is 1.60. The van der Waals surface area contributed by atoms with E-state index in [4.69, 9.17) is 4.74 Å². The highest BCUT2D eigenvalue weighted by Crippen LogP contribution is 2.19. The molecule has 90 valence electrons. The lowest BCUT2D eigenvalue weighted by atomic mass is 9.99. The Bertz CT molecular complexity index is 444. The van der Waals surface area contributed by atoms with Crippen LogP contribution in [0.4, 0.5) is 0 Å². The monoisotopic (exact) mass is 232 g/mol. The van der Waals surface area contributed by atoms with Crippen LogP contribution in [-0.4, -0.2) is 18.4 Å². The maximum atomic E-state index is 11.7. The molecule has 0 aliphatic heterocycles. The van der Waals surface area contributed by atoms with Gasteiger partial charge in [0.15, 0.2) is 5.78 Å². The second kappa shape index (κ2) is 5.99. The Morgan fingerprint density at radius 3 is 2.18 bits per heavy atom. The van der Waals surface area contributed by atoms with Gasteiger partial charge in [0, 0.05) is 0 Å². The molecule has 0 N–H and O–H groups in total. The standard InChI is InChI=1S/C14H16O3/c1-4-17-14(16)13(11(3)15)10(2)12-8-6-5-7-9-12/h5-9H,4H2,1-3H3/b13-10+. The number of allylic oxidation sites excluding steroid dienone is 1. The van der Waals surface area contributed by atoms with E-state index < -0.39 is 5.97 Å². The first kappa shape index (κ1) is 13.2. The first-order valence-electron chi connectivity index (χ1n) is 5.52. The summed E-state index contributed by atoms with van der Waals surface area (Å²) in [4.78, 5) is 23.2. The van der Waals surface area contributed by atoms with E-state index in [2.05, 4.69) is 0 Å². The Hall–Kier alpha value is -1.90. The van der Waals surface area contributed by atoms with E-state index in [0.717, 1.165) is 5.56 Å². The summed E-state index contributed by atoms with van der Waals surface area (Å²) in [5, 5.41) is 0. The molecule has 0 atom stereocenters. The molecule has 1 aromatic carbocycles. The molecule has 0 aromatic heterocycles. The minimum atomic E-state index is -0.554. The van der Waals surface area contributed by atoms with Gasteiger partial charge in [-0.3, -0.25) is 4.79 Å². The van der Waals surface area contributed by atoms with Crippen LogP contribution in [0.3, 0.4) is 0 Å². The predicted molar refractivity (Wildman–Crippen MR) is 66.4 cm³/mol. The molecule has 0 heterocycles. The van der Waals surface area contributed by atoms with E-state index in [9.17, 15) is 9.59 Å². The van der Waals surface area contributed by atoms with Crippen molar-refractivity contribution in [2.75, 3.05) is 6.61 Å². The second-order valence-electron chi connectivity index (χ2n) is 3.64. The van der Waals surface area contributed by atoms with Gasteiger partial charge in [0.1, 0.15) is 5.57 Å². The Morgan fingerprint density at radius 1 is 1.12 bits per heavy atom. The van der Waals surface area contributed by atoms with Crippen molar-refractivity contribution in [3.63, 3.8) is 0 Å². The van der Waals surface area contributed by atoms with Gasteiger partial charge in [0.25, 0.3) is 0 Å². The van der Waals surface area contributed by atoms with Crippen molar-refractivity contribution >= 4 is 17.3 Å². The van der Waals surface area contributed by atoms with Crippen LogP contribution in [0.5, 0.6) is 0 Å². The lowest BCUT2D eigenvalue weighted by Gasteiger charge is -2.08. The Balaban J connectivity index is 3.21. The highest BCUT2D eigenvalue weighted by molar-refractivity contribution is 6.21. The van der Waals surface area contributed by atoms with Crippen LogP contribution < -0.4 is 0 Å². The molecule has 0 amide bonds. The number of hydrogen-bond donors (Lipinski definition) is 0. The van der Waals surface area contributed by atoms with E-state index in [1.807, 2.05) is 30.3 Å². The van der Waals surface area contributed by atoms with Crippen molar-refractivity contribution < 1.29 is 14.3 Å². The van der Waals surface area contributed by atoms with E-state index in [-0.39, 0.29) is 18.0 Å². The number of carbonyl (C=O) groups is 2. The highest BCUT2D eigenvalue weighted by Gasteiger charge is 2.19. The maximum Gasteiger partial charge on any atom is 0.342 e.